The number of hydrogen-bond acceptors (Lipinski definition) is 5. The summed E-state index contributed by atoms with van der Waals surface area (Å²) in [5.41, 5.74) is 0.847. The fourth-order valence-electron chi connectivity index (χ4n) is 2.64. The summed E-state index contributed by atoms with van der Waals surface area (Å²) >= 11 is 0. The molecule has 1 atom stereocenters. The molecule has 2 N–H and O–H groups in total. The van der Waals surface area contributed by atoms with Crippen molar-refractivity contribution in [1.82, 2.24) is 13.9 Å². The Kier molecular flexibility index (Phi) is 7.34. The van der Waals surface area contributed by atoms with Gasteiger partial charge in [0, 0.05) is 26.2 Å². The number of nitrogens with one attached hydrogen (secondary N) is 1. The molecule has 1 aliphatic heterocycles. The maximum absolute atomic E-state index is 12.7. The average molecular weight is 381 g/mol. The van der Waals surface area contributed by atoms with Gasteiger partial charge < -0.3 is 14.4 Å². The molecule has 0 bridgehead atoms. The molecule has 0 aliphatic carbocycles. The summed E-state index contributed by atoms with van der Waals surface area (Å²) in [5, 5.41) is 6.89. The molecular weight excluding hydrogens is 358 g/mol. The quantitative estimate of drug-likeness (QED) is 0.753. The van der Waals surface area contributed by atoms with E-state index in [-0.39, 0.29) is 6.47 Å². The van der Waals surface area contributed by atoms with Gasteiger partial charge in [0.15, 0.2) is 0 Å². The van der Waals surface area contributed by atoms with E-state index in [0.29, 0.717) is 18.8 Å². The lowest BCUT2D eigenvalue weighted by molar-refractivity contribution is -0.122. The lowest BCUT2D eigenvalue weighted by Gasteiger charge is -2.32. The molecule has 3 rings (SSSR count). The summed E-state index contributed by atoms with van der Waals surface area (Å²) in [5.74, 6) is 0.578. The molecule has 2 aromatic rings. The summed E-state index contributed by atoms with van der Waals surface area (Å²) in [6.07, 6.45) is 1.55. The molecule has 1 aromatic carbocycles. The normalized spacial score (nSPS) is 17.1. The molecule has 1 aliphatic rings. The maximum Gasteiger partial charge on any atom is 0.290 e. The molecule has 1 fully saturated rings. The Bertz CT molecular complexity index is 757. The van der Waals surface area contributed by atoms with Crippen molar-refractivity contribution in [2.45, 2.75) is 6.04 Å². The van der Waals surface area contributed by atoms with Crippen molar-refractivity contribution >= 4 is 16.7 Å². The van der Waals surface area contributed by atoms with Crippen molar-refractivity contribution in [3.8, 4) is 0 Å². The Morgan fingerprint density at radius 2 is 1.73 bits per heavy atom. The minimum absolute atomic E-state index is 0.250. The molecule has 8 nitrogen and oxygen atoms in total. The number of piperazine rings is 1. The van der Waals surface area contributed by atoms with Gasteiger partial charge in [-0.2, -0.15) is 17.4 Å². The van der Waals surface area contributed by atoms with Crippen LogP contribution in [0.4, 0.5) is 0 Å². The van der Waals surface area contributed by atoms with Gasteiger partial charge >= 0.3 is 0 Å². The van der Waals surface area contributed by atoms with Crippen molar-refractivity contribution in [2.75, 3.05) is 33.2 Å². The van der Waals surface area contributed by atoms with Crippen molar-refractivity contribution in [1.29, 1.82) is 0 Å². The molecule has 0 spiro atoms. The first-order valence-electron chi connectivity index (χ1n) is 8.10. The Balaban J connectivity index is 0.000000758. The smallest absolute Gasteiger partial charge is 0.290 e. The van der Waals surface area contributed by atoms with Gasteiger partial charge in [0.2, 0.25) is 0 Å². The standard InChI is InChI=1S/C16H21N3O3S.CH2O2/c1-18-9-11-19(12-10-18)23(20,21)17-16(15-8-5-13-22-15)14-6-3-2-4-7-14;2-1-3/h2-8,13,16-17H,9-12H2,1H3;1H,(H,2,3). The molecule has 0 saturated carbocycles. The zero-order valence-electron chi connectivity index (χ0n) is 14.5. The topological polar surface area (TPSA) is 103 Å². The Labute approximate surface area is 153 Å². The first-order chi connectivity index (χ1) is 12.5. The molecule has 1 unspecified atom stereocenters. The van der Waals surface area contributed by atoms with Crippen molar-refractivity contribution in [3.63, 3.8) is 0 Å². The number of furan rings is 1. The number of hydrogen-bond donors (Lipinski definition) is 2. The zero-order valence-corrected chi connectivity index (χ0v) is 15.3. The Morgan fingerprint density at radius 3 is 2.27 bits per heavy atom. The molecule has 9 heteroatoms. The van der Waals surface area contributed by atoms with Crippen LogP contribution in [0.25, 0.3) is 0 Å². The fraction of sp³-hybridized carbons (Fsp3) is 0.353. The van der Waals surface area contributed by atoms with Crippen LogP contribution in [0.15, 0.2) is 53.1 Å². The van der Waals surface area contributed by atoms with Gasteiger partial charge in [0.1, 0.15) is 11.8 Å². The van der Waals surface area contributed by atoms with E-state index in [1.807, 2.05) is 37.4 Å². The third kappa shape index (κ3) is 5.40. The van der Waals surface area contributed by atoms with Crippen molar-refractivity contribution < 1.29 is 22.7 Å². The first-order valence-corrected chi connectivity index (χ1v) is 9.54. The molecular formula is C17H23N3O5S. The summed E-state index contributed by atoms with van der Waals surface area (Å²) in [4.78, 5) is 10.5. The lowest BCUT2D eigenvalue weighted by atomic mass is 10.1. The van der Waals surface area contributed by atoms with Gasteiger partial charge in [-0.05, 0) is 24.7 Å². The highest BCUT2D eigenvalue weighted by molar-refractivity contribution is 7.87. The average Bonchev–Trinajstić information content (AvgIpc) is 3.16. The van der Waals surface area contributed by atoms with Gasteiger partial charge in [0.25, 0.3) is 16.7 Å². The number of benzene rings is 1. The van der Waals surface area contributed by atoms with Crippen LogP contribution in [0.1, 0.15) is 17.4 Å². The van der Waals surface area contributed by atoms with Gasteiger partial charge in [-0.3, -0.25) is 4.79 Å². The number of likely N-dealkylation sites (N-methyl/N-ethyl adjacent to an activating group) is 1. The zero-order chi connectivity index (χ0) is 19.0. The molecule has 142 valence electrons. The molecule has 0 radical (unpaired) electrons. The number of nitrogens with zero attached hydrogens (tertiary/aromatic N) is 2. The van der Waals surface area contributed by atoms with E-state index in [2.05, 4.69) is 9.62 Å². The summed E-state index contributed by atoms with van der Waals surface area (Å²) < 4.78 is 35.2. The summed E-state index contributed by atoms with van der Waals surface area (Å²) in [6.45, 7) is 2.20. The minimum Gasteiger partial charge on any atom is -0.483 e. The van der Waals surface area contributed by atoms with Crippen LogP contribution >= 0.6 is 0 Å². The highest BCUT2D eigenvalue weighted by atomic mass is 32.2. The molecule has 2 heterocycles. The highest BCUT2D eigenvalue weighted by Gasteiger charge is 2.30. The second-order valence-electron chi connectivity index (χ2n) is 5.79. The van der Waals surface area contributed by atoms with Crippen LogP contribution in [-0.4, -0.2) is 62.4 Å². The Morgan fingerprint density at radius 1 is 1.12 bits per heavy atom. The van der Waals surface area contributed by atoms with Gasteiger partial charge in [-0.15, -0.1) is 0 Å². The molecule has 0 amide bonds. The van der Waals surface area contributed by atoms with E-state index in [1.165, 1.54) is 4.31 Å². The SMILES string of the molecule is CN1CCN(S(=O)(=O)NC(c2ccccc2)c2ccco2)CC1.O=CO. The van der Waals surface area contributed by atoms with Crippen LogP contribution < -0.4 is 4.72 Å². The highest BCUT2D eigenvalue weighted by Crippen LogP contribution is 2.24. The predicted molar refractivity (Wildman–Crippen MR) is 96.8 cm³/mol. The summed E-state index contributed by atoms with van der Waals surface area (Å²) in [6, 6.07) is 12.5. The fourth-order valence-corrected chi connectivity index (χ4v) is 3.99. The van der Waals surface area contributed by atoms with Crippen LogP contribution in [0, 0.1) is 0 Å². The van der Waals surface area contributed by atoms with E-state index in [0.717, 1.165) is 18.7 Å². The minimum atomic E-state index is -3.58. The largest absolute Gasteiger partial charge is 0.483 e. The van der Waals surface area contributed by atoms with E-state index in [9.17, 15) is 8.42 Å². The third-order valence-corrected chi connectivity index (χ3v) is 5.61. The van der Waals surface area contributed by atoms with E-state index < -0.39 is 16.3 Å². The van der Waals surface area contributed by atoms with Crippen LogP contribution in [0.3, 0.4) is 0 Å². The third-order valence-electron chi connectivity index (χ3n) is 4.03. The number of carbonyl (C=O) groups is 1. The van der Waals surface area contributed by atoms with Gasteiger partial charge in [0.05, 0.1) is 6.26 Å². The van der Waals surface area contributed by atoms with Crippen LogP contribution in [0.5, 0.6) is 0 Å². The molecule has 26 heavy (non-hydrogen) atoms. The summed E-state index contributed by atoms with van der Waals surface area (Å²) in [7, 11) is -1.59. The second-order valence-corrected chi connectivity index (χ2v) is 7.49. The molecule has 1 saturated heterocycles. The number of rotatable bonds is 5. The van der Waals surface area contributed by atoms with E-state index >= 15 is 0 Å². The van der Waals surface area contributed by atoms with Crippen LogP contribution in [-0.2, 0) is 15.0 Å². The van der Waals surface area contributed by atoms with E-state index in [4.69, 9.17) is 14.3 Å². The first kappa shape index (κ1) is 20.1. The Hall–Kier alpha value is -2.20. The maximum atomic E-state index is 12.7. The second kappa shape index (κ2) is 9.48. The lowest BCUT2D eigenvalue weighted by Crippen LogP contribution is -2.51. The van der Waals surface area contributed by atoms with Gasteiger partial charge in [-0.25, -0.2) is 0 Å². The van der Waals surface area contributed by atoms with E-state index in [1.54, 1.807) is 18.4 Å². The van der Waals surface area contributed by atoms with Crippen molar-refractivity contribution in [3.05, 3.63) is 60.1 Å². The number of carboxylic acid groups (broad SMARTS) is 1. The molecule has 1 aromatic heterocycles. The van der Waals surface area contributed by atoms with Gasteiger partial charge in [-0.1, -0.05) is 30.3 Å². The van der Waals surface area contributed by atoms with Crippen LogP contribution in [0.2, 0.25) is 0 Å². The monoisotopic (exact) mass is 381 g/mol. The van der Waals surface area contributed by atoms with Crippen molar-refractivity contribution in [2.24, 2.45) is 0 Å². The predicted octanol–water partition coefficient (Wildman–Crippen LogP) is 1.15.